The minimum absolute atomic E-state index is 0.0585. The van der Waals surface area contributed by atoms with E-state index in [9.17, 15) is 9.59 Å². The number of amides is 3. The Morgan fingerprint density at radius 1 is 1.21 bits per heavy atom. The molecule has 128 valence electrons. The topological polar surface area (TPSA) is 102 Å². The fraction of sp³-hybridized carbons (Fsp3) is 0.353. The Kier molecular flexibility index (Phi) is 5.95. The Morgan fingerprint density at radius 3 is 2.50 bits per heavy atom. The molecular formula is C17H23N5O2. The van der Waals surface area contributed by atoms with Gasteiger partial charge in [0.2, 0.25) is 5.91 Å². The van der Waals surface area contributed by atoms with Gasteiger partial charge in [-0.15, -0.1) is 0 Å². The Balaban J connectivity index is 2.03. The van der Waals surface area contributed by atoms with Crippen LogP contribution in [-0.4, -0.2) is 27.8 Å². The van der Waals surface area contributed by atoms with Crippen LogP contribution < -0.4 is 16.4 Å². The van der Waals surface area contributed by atoms with Crippen LogP contribution in [0.3, 0.4) is 0 Å². The van der Waals surface area contributed by atoms with Crippen molar-refractivity contribution in [3.05, 3.63) is 53.9 Å². The van der Waals surface area contributed by atoms with Crippen LogP contribution in [0.25, 0.3) is 0 Å². The SMILES string of the molecule is CC(C)[C@@H](NC(N)=O)C(=O)NCc1ccccc1Cn1cccn1. The molecule has 0 radical (unpaired) electrons. The molecule has 1 aromatic carbocycles. The van der Waals surface area contributed by atoms with E-state index in [1.54, 1.807) is 6.20 Å². The molecule has 7 heteroatoms. The number of nitrogens with zero attached hydrogens (tertiary/aromatic N) is 2. The van der Waals surface area contributed by atoms with Crippen molar-refractivity contribution in [3.63, 3.8) is 0 Å². The third-order valence-electron chi connectivity index (χ3n) is 3.71. The quantitative estimate of drug-likeness (QED) is 0.712. The maximum Gasteiger partial charge on any atom is 0.312 e. The van der Waals surface area contributed by atoms with Crippen LogP contribution >= 0.6 is 0 Å². The van der Waals surface area contributed by atoms with E-state index in [1.165, 1.54) is 0 Å². The molecule has 0 saturated heterocycles. The van der Waals surface area contributed by atoms with Crippen molar-refractivity contribution in [3.8, 4) is 0 Å². The van der Waals surface area contributed by atoms with E-state index in [0.717, 1.165) is 11.1 Å². The molecular weight excluding hydrogens is 306 g/mol. The fourth-order valence-electron chi connectivity index (χ4n) is 2.43. The van der Waals surface area contributed by atoms with Crippen LogP contribution in [0.15, 0.2) is 42.7 Å². The Morgan fingerprint density at radius 2 is 1.92 bits per heavy atom. The highest BCUT2D eigenvalue weighted by Crippen LogP contribution is 2.11. The largest absolute Gasteiger partial charge is 0.352 e. The molecule has 1 aromatic heterocycles. The lowest BCUT2D eigenvalue weighted by atomic mass is 10.0. The van der Waals surface area contributed by atoms with Gasteiger partial charge < -0.3 is 16.4 Å². The Labute approximate surface area is 141 Å². The molecule has 0 bridgehead atoms. The van der Waals surface area contributed by atoms with Gasteiger partial charge in [-0.1, -0.05) is 38.1 Å². The number of benzene rings is 1. The van der Waals surface area contributed by atoms with Gasteiger partial charge in [0.05, 0.1) is 6.54 Å². The fourth-order valence-corrected chi connectivity index (χ4v) is 2.43. The summed E-state index contributed by atoms with van der Waals surface area (Å²) in [6.07, 6.45) is 3.62. The summed E-state index contributed by atoms with van der Waals surface area (Å²) in [6, 6.07) is 8.36. The first-order valence-electron chi connectivity index (χ1n) is 7.85. The molecule has 1 heterocycles. The molecule has 1 atom stereocenters. The summed E-state index contributed by atoms with van der Waals surface area (Å²) in [5.74, 6) is -0.311. The number of carbonyl (C=O) groups excluding carboxylic acids is 2. The first kappa shape index (κ1) is 17.5. The van der Waals surface area contributed by atoms with Crippen molar-refractivity contribution in [1.29, 1.82) is 0 Å². The van der Waals surface area contributed by atoms with E-state index >= 15 is 0 Å². The number of nitrogens with two attached hydrogens (primary N) is 1. The van der Waals surface area contributed by atoms with E-state index < -0.39 is 12.1 Å². The molecule has 4 N–H and O–H groups in total. The number of carbonyl (C=O) groups is 2. The van der Waals surface area contributed by atoms with Crippen molar-refractivity contribution in [2.24, 2.45) is 11.7 Å². The van der Waals surface area contributed by atoms with Gasteiger partial charge in [0.15, 0.2) is 0 Å². The van der Waals surface area contributed by atoms with Crippen LogP contribution in [0, 0.1) is 5.92 Å². The maximum absolute atomic E-state index is 12.3. The summed E-state index contributed by atoms with van der Waals surface area (Å²) in [7, 11) is 0. The summed E-state index contributed by atoms with van der Waals surface area (Å²) in [6.45, 7) is 4.71. The van der Waals surface area contributed by atoms with Gasteiger partial charge in [-0.3, -0.25) is 9.48 Å². The van der Waals surface area contributed by atoms with Gasteiger partial charge in [-0.25, -0.2) is 4.79 Å². The number of nitrogens with one attached hydrogen (secondary N) is 2. The van der Waals surface area contributed by atoms with Crippen LogP contribution in [0.5, 0.6) is 0 Å². The number of aromatic nitrogens is 2. The molecule has 0 saturated carbocycles. The number of hydrogen-bond donors (Lipinski definition) is 3. The second-order valence-electron chi connectivity index (χ2n) is 5.92. The van der Waals surface area contributed by atoms with Crippen LogP contribution in [0.2, 0.25) is 0 Å². The summed E-state index contributed by atoms with van der Waals surface area (Å²) in [5, 5.41) is 9.55. The molecule has 2 rings (SSSR count). The summed E-state index contributed by atoms with van der Waals surface area (Å²) in [4.78, 5) is 23.4. The lowest BCUT2D eigenvalue weighted by molar-refractivity contribution is -0.124. The standard InChI is InChI=1S/C17H23N5O2/c1-12(2)15(21-17(18)24)16(23)19-10-13-6-3-4-7-14(13)11-22-9-5-8-20-22/h3-9,12,15H,10-11H2,1-2H3,(H,19,23)(H3,18,21,24)/t15-/m1/s1. The monoisotopic (exact) mass is 329 g/mol. The Bertz CT molecular complexity index is 682. The number of primary amides is 1. The summed E-state index contributed by atoms with van der Waals surface area (Å²) >= 11 is 0. The van der Waals surface area contributed by atoms with Crippen molar-refractivity contribution < 1.29 is 9.59 Å². The minimum atomic E-state index is -0.706. The third-order valence-corrected chi connectivity index (χ3v) is 3.71. The second-order valence-corrected chi connectivity index (χ2v) is 5.92. The normalized spacial score (nSPS) is 12.0. The van der Waals surface area contributed by atoms with Crippen molar-refractivity contribution in [1.82, 2.24) is 20.4 Å². The third kappa shape index (κ3) is 4.84. The molecule has 0 aliphatic heterocycles. The molecule has 0 unspecified atom stereocenters. The average Bonchev–Trinajstić information content (AvgIpc) is 3.04. The van der Waals surface area contributed by atoms with Gasteiger partial charge in [0.1, 0.15) is 6.04 Å². The van der Waals surface area contributed by atoms with E-state index in [2.05, 4.69) is 15.7 Å². The average molecular weight is 329 g/mol. The molecule has 0 aliphatic rings. The second kappa shape index (κ2) is 8.14. The number of rotatable bonds is 7. The van der Waals surface area contributed by atoms with Gasteiger partial charge in [-0.2, -0.15) is 5.10 Å². The lowest BCUT2D eigenvalue weighted by Crippen LogP contribution is -2.51. The smallest absolute Gasteiger partial charge is 0.312 e. The van der Waals surface area contributed by atoms with Crippen LogP contribution in [-0.2, 0) is 17.9 Å². The van der Waals surface area contributed by atoms with Gasteiger partial charge in [0.25, 0.3) is 0 Å². The van der Waals surface area contributed by atoms with Crippen molar-refractivity contribution >= 4 is 11.9 Å². The van der Waals surface area contributed by atoms with Crippen molar-refractivity contribution in [2.45, 2.75) is 33.0 Å². The zero-order valence-electron chi connectivity index (χ0n) is 13.9. The lowest BCUT2D eigenvalue weighted by Gasteiger charge is -2.21. The van der Waals surface area contributed by atoms with E-state index in [1.807, 2.05) is 55.1 Å². The molecule has 0 aliphatic carbocycles. The Hall–Kier alpha value is -2.83. The predicted molar refractivity (Wildman–Crippen MR) is 91.0 cm³/mol. The van der Waals surface area contributed by atoms with Gasteiger partial charge in [0, 0.05) is 18.9 Å². The highest BCUT2D eigenvalue weighted by molar-refractivity contribution is 5.86. The van der Waals surface area contributed by atoms with E-state index in [-0.39, 0.29) is 11.8 Å². The first-order chi connectivity index (χ1) is 11.5. The minimum Gasteiger partial charge on any atom is -0.352 e. The predicted octanol–water partition coefficient (Wildman–Crippen LogP) is 1.24. The van der Waals surface area contributed by atoms with Crippen LogP contribution in [0.4, 0.5) is 4.79 Å². The highest BCUT2D eigenvalue weighted by atomic mass is 16.2. The molecule has 3 amide bonds. The summed E-state index contributed by atoms with van der Waals surface area (Å²) < 4.78 is 1.83. The first-order valence-corrected chi connectivity index (χ1v) is 7.85. The zero-order valence-corrected chi connectivity index (χ0v) is 13.9. The zero-order chi connectivity index (χ0) is 17.5. The van der Waals surface area contributed by atoms with Gasteiger partial charge in [-0.05, 0) is 23.1 Å². The molecule has 7 nitrogen and oxygen atoms in total. The highest BCUT2D eigenvalue weighted by Gasteiger charge is 2.23. The number of urea groups is 1. The number of hydrogen-bond acceptors (Lipinski definition) is 3. The van der Waals surface area contributed by atoms with E-state index in [4.69, 9.17) is 5.73 Å². The maximum atomic E-state index is 12.3. The molecule has 24 heavy (non-hydrogen) atoms. The van der Waals surface area contributed by atoms with Crippen molar-refractivity contribution in [2.75, 3.05) is 0 Å². The molecule has 2 aromatic rings. The molecule has 0 fully saturated rings. The van der Waals surface area contributed by atoms with Gasteiger partial charge >= 0.3 is 6.03 Å². The summed E-state index contributed by atoms with van der Waals surface area (Å²) in [5.41, 5.74) is 7.21. The molecule has 0 spiro atoms. The van der Waals surface area contributed by atoms with E-state index in [0.29, 0.717) is 13.1 Å². The van der Waals surface area contributed by atoms with Crippen LogP contribution in [0.1, 0.15) is 25.0 Å².